The lowest BCUT2D eigenvalue weighted by Gasteiger charge is -2.37. The van der Waals surface area contributed by atoms with E-state index in [1.54, 1.807) is 29.8 Å². The van der Waals surface area contributed by atoms with Crippen molar-refractivity contribution in [1.82, 2.24) is 9.78 Å². The summed E-state index contributed by atoms with van der Waals surface area (Å²) in [4.78, 5) is 13.1. The third-order valence-electron chi connectivity index (χ3n) is 5.80. The minimum Gasteiger partial charge on any atom is -0.435 e. The van der Waals surface area contributed by atoms with E-state index in [0.29, 0.717) is 27.7 Å². The van der Waals surface area contributed by atoms with Crippen LogP contribution in [0.15, 0.2) is 36.4 Å². The number of halogens is 2. The molecule has 0 unspecified atom stereocenters. The van der Waals surface area contributed by atoms with Crippen LogP contribution in [-0.2, 0) is 9.84 Å². The maximum absolute atomic E-state index is 13.1. The first-order chi connectivity index (χ1) is 15.9. The summed E-state index contributed by atoms with van der Waals surface area (Å²) >= 11 is 0. The minimum atomic E-state index is -3.10. The number of hydrogen-bond donors (Lipinski definition) is 0. The Bertz CT molecular complexity index is 1430. The van der Waals surface area contributed by atoms with Gasteiger partial charge in [-0.1, -0.05) is 19.1 Å². The van der Waals surface area contributed by atoms with Gasteiger partial charge in [-0.25, -0.2) is 8.42 Å². The molecule has 0 aliphatic carbocycles. The number of aromatic nitrogens is 2. The fourth-order valence-electron chi connectivity index (χ4n) is 4.54. The molecule has 178 valence electrons. The fraction of sp³-hybridized carbons (Fsp3) is 0.375. The lowest BCUT2D eigenvalue weighted by molar-refractivity contribution is -0.0498. The Balaban J connectivity index is 1.82. The number of fused-ring (bicyclic) bond motifs is 1. The number of rotatable bonds is 7. The van der Waals surface area contributed by atoms with E-state index < -0.39 is 21.9 Å². The highest BCUT2D eigenvalue weighted by molar-refractivity contribution is 7.92. The van der Waals surface area contributed by atoms with Crippen molar-refractivity contribution >= 4 is 26.5 Å². The van der Waals surface area contributed by atoms with E-state index in [4.69, 9.17) is 0 Å². The van der Waals surface area contributed by atoms with E-state index in [1.807, 2.05) is 13.8 Å². The lowest BCUT2D eigenvalue weighted by Crippen LogP contribution is -2.47. The van der Waals surface area contributed by atoms with Crippen molar-refractivity contribution in [3.8, 4) is 23.1 Å². The molecule has 0 bridgehead atoms. The maximum atomic E-state index is 13.1. The number of nitrogens with zero attached hydrogens (tertiary/aromatic N) is 3. The molecule has 2 aromatic carbocycles. The van der Waals surface area contributed by atoms with Crippen molar-refractivity contribution < 1.29 is 26.7 Å². The monoisotopic (exact) mass is 487 g/mol. The van der Waals surface area contributed by atoms with Gasteiger partial charge in [-0.2, -0.15) is 19.1 Å². The highest BCUT2D eigenvalue weighted by atomic mass is 32.2. The second kappa shape index (κ2) is 8.47. The van der Waals surface area contributed by atoms with Gasteiger partial charge in [0.15, 0.2) is 15.6 Å². The standard InChI is InChI=1S/C24H23F2N3O4S/c1-14(2)29-19-9-16(20(30)10-24(3)12-34(31,32)13-24)7-17(11-27)21(19)22(28-29)15-5-4-6-18(8-15)33-23(25)26/h4-9,14,23H,10,12-13H2,1-3H3. The topological polar surface area (TPSA) is 102 Å². The van der Waals surface area contributed by atoms with E-state index in [9.17, 15) is 27.3 Å². The fourth-order valence-corrected chi connectivity index (χ4v) is 6.79. The van der Waals surface area contributed by atoms with Crippen LogP contribution < -0.4 is 4.74 Å². The second-order valence-corrected chi connectivity index (χ2v) is 11.3. The molecule has 1 aliphatic heterocycles. The van der Waals surface area contributed by atoms with Gasteiger partial charge < -0.3 is 4.74 Å². The van der Waals surface area contributed by atoms with Crippen LogP contribution >= 0.6 is 0 Å². The first kappa shape index (κ1) is 23.8. The van der Waals surface area contributed by atoms with Crippen LogP contribution in [-0.4, -0.2) is 42.1 Å². The van der Waals surface area contributed by atoms with Crippen LogP contribution in [0.3, 0.4) is 0 Å². The third-order valence-corrected chi connectivity index (χ3v) is 8.07. The molecule has 34 heavy (non-hydrogen) atoms. The summed E-state index contributed by atoms with van der Waals surface area (Å²) in [5.41, 5.74) is 1.36. The Labute approximate surface area is 195 Å². The molecule has 0 spiro atoms. The molecule has 0 amide bonds. The van der Waals surface area contributed by atoms with Crippen LogP contribution in [0.1, 0.15) is 49.2 Å². The minimum absolute atomic E-state index is 0.0336. The summed E-state index contributed by atoms with van der Waals surface area (Å²) in [6.07, 6.45) is 0.0539. The Kier molecular flexibility index (Phi) is 5.94. The summed E-state index contributed by atoms with van der Waals surface area (Å²) in [7, 11) is -3.10. The number of sulfone groups is 1. The van der Waals surface area contributed by atoms with Crippen molar-refractivity contribution in [1.29, 1.82) is 5.26 Å². The quantitative estimate of drug-likeness (QED) is 0.445. The van der Waals surface area contributed by atoms with Crippen molar-refractivity contribution in [2.45, 2.75) is 39.8 Å². The normalized spacial score (nSPS) is 16.4. The van der Waals surface area contributed by atoms with Crippen LogP contribution in [0.4, 0.5) is 8.78 Å². The van der Waals surface area contributed by atoms with Gasteiger partial charge in [-0.3, -0.25) is 9.48 Å². The molecule has 1 saturated heterocycles. The average molecular weight is 488 g/mol. The van der Waals surface area contributed by atoms with E-state index in [-0.39, 0.29) is 41.1 Å². The first-order valence-electron chi connectivity index (χ1n) is 10.7. The van der Waals surface area contributed by atoms with Gasteiger partial charge in [0.2, 0.25) is 0 Å². The van der Waals surface area contributed by atoms with Gasteiger partial charge in [0.05, 0.1) is 28.7 Å². The molecular formula is C24H23F2N3O4S. The number of nitriles is 1. The van der Waals surface area contributed by atoms with Gasteiger partial charge in [0.25, 0.3) is 0 Å². The maximum Gasteiger partial charge on any atom is 0.387 e. The lowest BCUT2D eigenvalue weighted by atomic mass is 9.86. The van der Waals surface area contributed by atoms with Crippen LogP contribution in [0.25, 0.3) is 22.2 Å². The van der Waals surface area contributed by atoms with Gasteiger partial charge in [0, 0.05) is 34.4 Å². The average Bonchev–Trinajstić information content (AvgIpc) is 3.11. The number of ether oxygens (including phenoxy) is 1. The van der Waals surface area contributed by atoms with Gasteiger partial charge in [0.1, 0.15) is 11.4 Å². The summed E-state index contributed by atoms with van der Waals surface area (Å²) in [6, 6.07) is 11.2. The predicted molar refractivity (Wildman–Crippen MR) is 123 cm³/mol. The van der Waals surface area contributed by atoms with E-state index in [0.717, 1.165) is 0 Å². The predicted octanol–water partition coefficient (Wildman–Crippen LogP) is 4.76. The summed E-state index contributed by atoms with van der Waals surface area (Å²) < 4.78 is 54.8. The summed E-state index contributed by atoms with van der Waals surface area (Å²) in [6.45, 7) is 2.58. The number of ketones is 1. The Hall–Kier alpha value is -3.32. The van der Waals surface area contributed by atoms with Gasteiger partial charge >= 0.3 is 6.61 Å². The molecule has 1 aliphatic rings. The van der Waals surface area contributed by atoms with Crippen molar-refractivity contribution in [3.63, 3.8) is 0 Å². The smallest absolute Gasteiger partial charge is 0.387 e. The van der Waals surface area contributed by atoms with Gasteiger partial charge in [-0.15, -0.1) is 0 Å². The van der Waals surface area contributed by atoms with Crippen molar-refractivity contribution in [2.75, 3.05) is 11.5 Å². The van der Waals surface area contributed by atoms with Crippen LogP contribution in [0.5, 0.6) is 5.75 Å². The molecule has 0 saturated carbocycles. The Morgan fingerprint density at radius 1 is 1.26 bits per heavy atom. The molecular weight excluding hydrogens is 464 g/mol. The highest BCUT2D eigenvalue weighted by Gasteiger charge is 2.45. The number of Topliss-reactive ketones (excluding diaryl/α,β-unsaturated/α-hetero) is 1. The van der Waals surface area contributed by atoms with E-state index in [2.05, 4.69) is 15.9 Å². The van der Waals surface area contributed by atoms with Gasteiger partial charge in [-0.05, 0) is 38.1 Å². The molecule has 10 heteroatoms. The molecule has 0 radical (unpaired) electrons. The molecule has 4 rings (SSSR count). The molecule has 0 N–H and O–H groups in total. The third kappa shape index (κ3) is 4.53. The molecule has 7 nitrogen and oxygen atoms in total. The first-order valence-corrected chi connectivity index (χ1v) is 12.5. The molecule has 1 aromatic heterocycles. The van der Waals surface area contributed by atoms with E-state index >= 15 is 0 Å². The van der Waals surface area contributed by atoms with E-state index in [1.165, 1.54) is 18.2 Å². The number of hydrogen-bond acceptors (Lipinski definition) is 6. The highest BCUT2D eigenvalue weighted by Crippen LogP contribution is 2.38. The van der Waals surface area contributed by atoms with Crippen molar-refractivity contribution in [3.05, 3.63) is 47.5 Å². The zero-order valence-corrected chi connectivity index (χ0v) is 19.7. The Morgan fingerprint density at radius 3 is 2.56 bits per heavy atom. The number of alkyl halides is 2. The number of carbonyl (C=O) groups is 1. The zero-order valence-electron chi connectivity index (χ0n) is 18.9. The SMILES string of the molecule is CC(C)n1nc(-c2cccc(OC(F)F)c2)c2c(C#N)cc(C(=O)CC3(C)CS(=O)(=O)C3)cc21. The Morgan fingerprint density at radius 2 is 1.97 bits per heavy atom. The second-order valence-electron chi connectivity index (χ2n) is 9.27. The molecule has 0 atom stereocenters. The van der Waals surface area contributed by atoms with Crippen molar-refractivity contribution in [2.24, 2.45) is 5.41 Å². The molecule has 1 fully saturated rings. The van der Waals surface area contributed by atoms with Crippen LogP contribution in [0.2, 0.25) is 0 Å². The van der Waals surface area contributed by atoms with Crippen LogP contribution in [0, 0.1) is 16.7 Å². The number of carbonyl (C=O) groups excluding carboxylic acids is 1. The molecule has 3 aromatic rings. The number of benzene rings is 2. The molecule has 2 heterocycles. The largest absolute Gasteiger partial charge is 0.435 e. The summed E-state index contributed by atoms with van der Waals surface area (Å²) in [5.74, 6) is -0.357. The summed E-state index contributed by atoms with van der Waals surface area (Å²) in [5, 5.41) is 15.0. The zero-order chi connectivity index (χ0) is 24.8.